The van der Waals surface area contributed by atoms with Crippen molar-refractivity contribution in [3.05, 3.63) is 116 Å². The largest absolute Gasteiger partial charge is 0.308 e. The number of hydrogen-bond acceptors (Lipinski definition) is 2. The molecular weight excluding hydrogens is 402 g/mol. The normalized spacial score (nSPS) is 11.6. The van der Waals surface area contributed by atoms with Crippen LogP contribution in [0.2, 0.25) is 0 Å². The van der Waals surface area contributed by atoms with E-state index in [9.17, 15) is 0 Å². The fourth-order valence-electron chi connectivity index (χ4n) is 4.85. The minimum absolute atomic E-state index is 0.910. The summed E-state index contributed by atoms with van der Waals surface area (Å²) in [5, 5.41) is 4.60. The number of nitrogens with zero attached hydrogens (tertiary/aromatic N) is 3. The minimum Gasteiger partial charge on any atom is -0.308 e. The van der Waals surface area contributed by atoms with Crippen molar-refractivity contribution in [2.45, 2.75) is 0 Å². The van der Waals surface area contributed by atoms with Gasteiger partial charge in [0.05, 0.1) is 34.0 Å². The second kappa shape index (κ2) is 7.01. The predicted molar refractivity (Wildman–Crippen MR) is 136 cm³/mol. The first-order valence-electron chi connectivity index (χ1n) is 11.0. The molecule has 4 aromatic carbocycles. The van der Waals surface area contributed by atoms with Crippen molar-refractivity contribution in [3.8, 4) is 16.8 Å². The Morgan fingerprint density at radius 2 is 1.39 bits per heavy atom. The number of benzene rings is 4. The third-order valence-corrected chi connectivity index (χ3v) is 6.39. The molecule has 33 heavy (non-hydrogen) atoms. The van der Waals surface area contributed by atoms with Crippen LogP contribution in [0.1, 0.15) is 0 Å². The summed E-state index contributed by atoms with van der Waals surface area (Å²) in [7, 11) is 0. The van der Waals surface area contributed by atoms with Crippen molar-refractivity contribution in [2.75, 3.05) is 0 Å². The lowest BCUT2D eigenvalue weighted by Crippen LogP contribution is -1.96. The average Bonchev–Trinajstić information content (AvgIpc) is 3.22. The summed E-state index contributed by atoms with van der Waals surface area (Å²) < 4.78 is 2.31. The molecule has 0 spiro atoms. The number of fused-ring (bicyclic) bond motifs is 6. The van der Waals surface area contributed by atoms with Crippen molar-refractivity contribution < 1.29 is 0 Å². The first-order chi connectivity index (χ1) is 16.4. The molecule has 0 N–H and O–H groups in total. The van der Waals surface area contributed by atoms with E-state index in [1.54, 1.807) is 6.20 Å². The van der Waals surface area contributed by atoms with Crippen LogP contribution in [0.25, 0.3) is 60.4 Å². The summed E-state index contributed by atoms with van der Waals surface area (Å²) in [4.78, 5) is 9.36. The van der Waals surface area contributed by atoms with Gasteiger partial charge in [0.25, 0.3) is 0 Å². The SMILES string of the molecule is [c]1cnc2c(c1)ccc1cc(-n3c4ccccc4c4cc(-c5ccccc5)ccc43)cnc12. The van der Waals surface area contributed by atoms with E-state index in [0.717, 1.165) is 27.5 Å². The van der Waals surface area contributed by atoms with E-state index in [0.29, 0.717) is 0 Å². The van der Waals surface area contributed by atoms with Crippen LogP contribution >= 0.6 is 0 Å². The molecule has 3 heterocycles. The Labute approximate surface area is 190 Å². The van der Waals surface area contributed by atoms with Crippen molar-refractivity contribution in [2.24, 2.45) is 0 Å². The Morgan fingerprint density at radius 3 is 2.33 bits per heavy atom. The lowest BCUT2D eigenvalue weighted by molar-refractivity contribution is 1.16. The second-order valence-electron chi connectivity index (χ2n) is 8.29. The Hall–Kier alpha value is -4.50. The molecule has 0 aliphatic heterocycles. The molecule has 0 saturated heterocycles. The second-order valence-corrected chi connectivity index (χ2v) is 8.29. The summed E-state index contributed by atoms with van der Waals surface area (Å²) in [6.45, 7) is 0. The lowest BCUT2D eigenvalue weighted by atomic mass is 10.0. The van der Waals surface area contributed by atoms with Crippen molar-refractivity contribution >= 4 is 43.6 Å². The van der Waals surface area contributed by atoms with Gasteiger partial charge in [0.1, 0.15) is 0 Å². The molecule has 7 rings (SSSR count). The van der Waals surface area contributed by atoms with Crippen LogP contribution in [0.5, 0.6) is 0 Å². The van der Waals surface area contributed by atoms with Crippen LogP contribution in [-0.4, -0.2) is 14.5 Å². The number of pyridine rings is 2. The highest BCUT2D eigenvalue weighted by atomic mass is 15.0. The lowest BCUT2D eigenvalue weighted by Gasteiger charge is -2.10. The Balaban J connectivity index is 1.50. The highest BCUT2D eigenvalue weighted by molar-refractivity contribution is 6.11. The van der Waals surface area contributed by atoms with Gasteiger partial charge in [0, 0.05) is 33.8 Å². The van der Waals surface area contributed by atoms with Gasteiger partial charge in [-0.25, -0.2) is 0 Å². The molecule has 3 nitrogen and oxygen atoms in total. The topological polar surface area (TPSA) is 30.7 Å². The predicted octanol–water partition coefficient (Wildman–Crippen LogP) is 7.35. The van der Waals surface area contributed by atoms with Crippen LogP contribution < -0.4 is 0 Å². The molecule has 0 saturated carbocycles. The molecule has 153 valence electrons. The van der Waals surface area contributed by atoms with Gasteiger partial charge in [-0.15, -0.1) is 0 Å². The molecule has 3 aromatic heterocycles. The standard InChI is InChI=1S/C30H18N3/c1-2-7-20(8-3-1)22-14-15-28-26(18-22)25-10-4-5-11-27(25)33(28)24-17-23-13-12-21-9-6-16-31-29(21)30(23)32-19-24/h1-5,7-19H. The molecule has 0 amide bonds. The number of aromatic nitrogens is 3. The fourth-order valence-corrected chi connectivity index (χ4v) is 4.85. The third-order valence-electron chi connectivity index (χ3n) is 6.39. The van der Waals surface area contributed by atoms with E-state index in [4.69, 9.17) is 4.98 Å². The summed E-state index contributed by atoms with van der Waals surface area (Å²) in [5.41, 5.74) is 7.66. The Bertz CT molecular complexity index is 1810. The van der Waals surface area contributed by atoms with Gasteiger partial charge >= 0.3 is 0 Å². The van der Waals surface area contributed by atoms with Crippen LogP contribution in [-0.2, 0) is 0 Å². The van der Waals surface area contributed by atoms with Crippen LogP contribution in [0.4, 0.5) is 0 Å². The average molecular weight is 420 g/mol. The first kappa shape index (κ1) is 18.1. The van der Waals surface area contributed by atoms with Gasteiger partial charge in [-0.1, -0.05) is 66.7 Å². The molecular formula is C30H18N3. The minimum atomic E-state index is 0.910. The zero-order chi connectivity index (χ0) is 21.8. The Kier molecular flexibility index (Phi) is 3.84. The van der Waals surface area contributed by atoms with Crippen molar-refractivity contribution in [1.29, 1.82) is 0 Å². The fraction of sp³-hybridized carbons (Fsp3) is 0. The van der Waals surface area contributed by atoms with E-state index in [2.05, 4.69) is 107 Å². The van der Waals surface area contributed by atoms with Gasteiger partial charge in [0.2, 0.25) is 0 Å². The molecule has 0 aliphatic carbocycles. The summed E-state index contributed by atoms with van der Waals surface area (Å²) in [5.74, 6) is 0. The molecule has 3 heteroatoms. The maximum Gasteiger partial charge on any atom is 0.0966 e. The van der Waals surface area contributed by atoms with Crippen LogP contribution in [0.3, 0.4) is 0 Å². The summed E-state index contributed by atoms with van der Waals surface area (Å²) >= 11 is 0. The van der Waals surface area contributed by atoms with Gasteiger partial charge < -0.3 is 4.57 Å². The van der Waals surface area contributed by atoms with Crippen molar-refractivity contribution in [3.63, 3.8) is 0 Å². The smallest absolute Gasteiger partial charge is 0.0966 e. The highest BCUT2D eigenvalue weighted by Gasteiger charge is 2.14. The third kappa shape index (κ3) is 2.76. The molecule has 0 bridgehead atoms. The summed E-state index contributed by atoms with van der Waals surface area (Å²) in [6, 6.07) is 37.2. The number of rotatable bonds is 2. The van der Waals surface area contributed by atoms with Gasteiger partial charge in [-0.3, -0.25) is 9.97 Å². The molecule has 0 aliphatic rings. The van der Waals surface area contributed by atoms with Gasteiger partial charge in [-0.2, -0.15) is 0 Å². The zero-order valence-corrected chi connectivity index (χ0v) is 17.7. The van der Waals surface area contributed by atoms with E-state index >= 15 is 0 Å². The molecule has 0 fully saturated rings. The molecule has 0 unspecified atom stereocenters. The monoisotopic (exact) mass is 420 g/mol. The Morgan fingerprint density at radius 1 is 0.606 bits per heavy atom. The molecule has 7 aromatic rings. The van der Waals surface area contributed by atoms with E-state index in [-0.39, 0.29) is 0 Å². The molecule has 0 atom stereocenters. The maximum absolute atomic E-state index is 4.85. The quantitative estimate of drug-likeness (QED) is 0.274. The zero-order valence-electron chi connectivity index (χ0n) is 17.7. The molecule has 1 radical (unpaired) electrons. The van der Waals surface area contributed by atoms with Gasteiger partial charge in [0.15, 0.2) is 0 Å². The van der Waals surface area contributed by atoms with Crippen molar-refractivity contribution in [1.82, 2.24) is 14.5 Å². The highest BCUT2D eigenvalue weighted by Crippen LogP contribution is 2.35. The van der Waals surface area contributed by atoms with E-state index in [1.807, 2.05) is 12.3 Å². The summed E-state index contributed by atoms with van der Waals surface area (Å²) in [6.07, 6.45) is 3.66. The first-order valence-corrected chi connectivity index (χ1v) is 11.0. The van der Waals surface area contributed by atoms with Crippen LogP contribution in [0.15, 0.2) is 109 Å². The van der Waals surface area contributed by atoms with E-state index in [1.165, 1.54) is 32.9 Å². The van der Waals surface area contributed by atoms with E-state index < -0.39 is 0 Å². The number of hydrogen-bond donors (Lipinski definition) is 0. The van der Waals surface area contributed by atoms with Gasteiger partial charge in [-0.05, 0) is 41.5 Å². The maximum atomic E-state index is 4.85. The van der Waals surface area contributed by atoms with Crippen LogP contribution in [0, 0.1) is 6.07 Å². The number of para-hydroxylation sites is 1.